The maximum atomic E-state index is 14.7. The van der Waals surface area contributed by atoms with Gasteiger partial charge in [0, 0.05) is 35.1 Å². The van der Waals surface area contributed by atoms with Crippen LogP contribution in [-0.2, 0) is 22.4 Å². The fourth-order valence-electron chi connectivity index (χ4n) is 7.14. The average molecular weight is 851 g/mol. The van der Waals surface area contributed by atoms with Gasteiger partial charge in [-0.1, -0.05) is 72.8 Å². The Morgan fingerprint density at radius 2 is 0.656 bits per heavy atom. The highest BCUT2D eigenvalue weighted by Crippen LogP contribution is 2.26. The van der Waals surface area contributed by atoms with Crippen molar-refractivity contribution in [1.29, 1.82) is 0 Å². The molecule has 322 valence electrons. The molecule has 2 N–H and O–H groups in total. The number of anilines is 2. The minimum atomic E-state index is -0.877. The van der Waals surface area contributed by atoms with E-state index in [0.29, 0.717) is 58.6 Å². The molecule has 7 aromatic rings. The van der Waals surface area contributed by atoms with Crippen molar-refractivity contribution in [3.63, 3.8) is 0 Å². The zero-order valence-corrected chi connectivity index (χ0v) is 36.2. The van der Waals surface area contributed by atoms with Crippen LogP contribution in [0.5, 0.6) is 23.0 Å². The Kier molecular flexibility index (Phi) is 14.9. The molecule has 0 aliphatic carbocycles. The third-order valence-corrected chi connectivity index (χ3v) is 10.6. The lowest BCUT2D eigenvalue weighted by Crippen LogP contribution is -2.32. The van der Waals surface area contributed by atoms with Gasteiger partial charge in [0.05, 0.1) is 51.2 Å². The smallest absolute Gasteiger partial charge is 0.249 e. The molecule has 0 spiro atoms. The van der Waals surface area contributed by atoms with Gasteiger partial charge in [0.25, 0.3) is 0 Å². The van der Waals surface area contributed by atoms with Crippen LogP contribution in [0.1, 0.15) is 33.4 Å². The van der Waals surface area contributed by atoms with E-state index in [2.05, 4.69) is 10.6 Å². The van der Waals surface area contributed by atoms with Crippen LogP contribution in [0.15, 0.2) is 192 Å². The number of hydrogen-bond acceptors (Lipinski definition) is 8. The molecule has 64 heavy (non-hydrogen) atoms. The average Bonchev–Trinajstić information content (AvgIpc) is 3.35. The van der Waals surface area contributed by atoms with Gasteiger partial charge in [-0.15, -0.1) is 0 Å². The number of rotatable bonds is 18. The second kappa shape index (κ2) is 21.7. The van der Waals surface area contributed by atoms with Crippen LogP contribution in [0.4, 0.5) is 11.4 Å². The Hall–Kier alpha value is -7.98. The second-order valence-corrected chi connectivity index (χ2v) is 14.8. The first kappa shape index (κ1) is 44.1. The molecular weight excluding hydrogens is 801 g/mol. The molecular formula is C54H50N4O6. The molecule has 0 aromatic heterocycles. The summed E-state index contributed by atoms with van der Waals surface area (Å²) in [5.41, 5.74) is 7.15. The zero-order chi connectivity index (χ0) is 44.7. The molecule has 0 heterocycles. The van der Waals surface area contributed by atoms with Crippen LogP contribution in [0, 0.1) is 0 Å². The summed E-state index contributed by atoms with van der Waals surface area (Å²) < 4.78 is 21.8. The van der Waals surface area contributed by atoms with Crippen molar-refractivity contribution in [2.45, 2.75) is 24.9 Å². The molecule has 2 amide bonds. The molecule has 0 aliphatic heterocycles. The van der Waals surface area contributed by atoms with E-state index in [-0.39, 0.29) is 11.8 Å². The van der Waals surface area contributed by atoms with Crippen molar-refractivity contribution >= 4 is 34.6 Å². The number of amides is 2. The van der Waals surface area contributed by atoms with E-state index in [1.54, 1.807) is 40.6 Å². The van der Waals surface area contributed by atoms with Crippen molar-refractivity contribution in [2.75, 3.05) is 39.1 Å². The van der Waals surface area contributed by atoms with Gasteiger partial charge in [0.15, 0.2) is 0 Å². The van der Waals surface area contributed by atoms with Gasteiger partial charge < -0.3 is 29.6 Å². The quantitative estimate of drug-likeness (QED) is 0.0830. The number of nitrogens with one attached hydrogen (secondary N) is 2. The van der Waals surface area contributed by atoms with Gasteiger partial charge >= 0.3 is 0 Å². The van der Waals surface area contributed by atoms with Crippen LogP contribution in [0.3, 0.4) is 0 Å². The highest BCUT2D eigenvalue weighted by atomic mass is 16.5. The van der Waals surface area contributed by atoms with E-state index in [4.69, 9.17) is 28.9 Å². The van der Waals surface area contributed by atoms with Crippen LogP contribution >= 0.6 is 0 Å². The number of aliphatic imine (C=N–C) groups is 2. The summed E-state index contributed by atoms with van der Waals surface area (Å²) in [5, 5.41) is 6.25. The van der Waals surface area contributed by atoms with Crippen LogP contribution < -0.4 is 29.6 Å². The molecule has 0 saturated carbocycles. The summed E-state index contributed by atoms with van der Waals surface area (Å²) in [6.07, 6.45) is 0.620. The predicted molar refractivity (Wildman–Crippen MR) is 255 cm³/mol. The van der Waals surface area contributed by atoms with Gasteiger partial charge in [-0.3, -0.25) is 19.6 Å². The van der Waals surface area contributed by atoms with Crippen molar-refractivity contribution < 1.29 is 28.5 Å². The lowest BCUT2D eigenvalue weighted by molar-refractivity contribution is -0.118. The molecule has 0 radical (unpaired) electrons. The summed E-state index contributed by atoms with van der Waals surface area (Å²) in [7, 11) is 6.47. The lowest BCUT2D eigenvalue weighted by atomic mass is 9.99. The first-order chi connectivity index (χ1) is 31.3. The van der Waals surface area contributed by atoms with E-state index in [0.717, 1.165) is 33.4 Å². The van der Waals surface area contributed by atoms with Gasteiger partial charge in [0.1, 0.15) is 35.1 Å². The minimum Gasteiger partial charge on any atom is -0.497 e. The van der Waals surface area contributed by atoms with E-state index in [9.17, 15) is 9.59 Å². The summed E-state index contributed by atoms with van der Waals surface area (Å²) in [4.78, 5) is 39.7. The van der Waals surface area contributed by atoms with Crippen LogP contribution in [0.25, 0.3) is 0 Å². The third kappa shape index (κ3) is 11.5. The summed E-state index contributed by atoms with van der Waals surface area (Å²) in [6, 6.07) is 55.3. The van der Waals surface area contributed by atoms with E-state index < -0.39 is 12.1 Å². The first-order valence-corrected chi connectivity index (χ1v) is 20.9. The van der Waals surface area contributed by atoms with E-state index >= 15 is 0 Å². The lowest BCUT2D eigenvalue weighted by Gasteiger charge is -2.20. The number of nitrogens with zero attached hydrogens (tertiary/aromatic N) is 2. The van der Waals surface area contributed by atoms with E-state index in [1.165, 1.54) is 0 Å². The van der Waals surface area contributed by atoms with Gasteiger partial charge in [0.2, 0.25) is 11.8 Å². The second-order valence-electron chi connectivity index (χ2n) is 14.8. The maximum absolute atomic E-state index is 14.7. The summed E-state index contributed by atoms with van der Waals surface area (Å²) >= 11 is 0. The molecule has 2 atom stereocenters. The van der Waals surface area contributed by atoms with Crippen LogP contribution in [-0.4, -0.2) is 63.8 Å². The van der Waals surface area contributed by atoms with Gasteiger partial charge in [-0.05, 0) is 120 Å². The highest BCUT2D eigenvalue weighted by molar-refractivity contribution is 6.15. The number of carbonyl (C=O) groups is 2. The molecule has 0 bridgehead atoms. The van der Waals surface area contributed by atoms with Crippen molar-refractivity contribution in [2.24, 2.45) is 9.98 Å². The number of hydrogen-bond donors (Lipinski definition) is 2. The number of methoxy groups -OCH3 is 4. The van der Waals surface area contributed by atoms with Crippen molar-refractivity contribution in [1.82, 2.24) is 0 Å². The predicted octanol–water partition coefficient (Wildman–Crippen LogP) is 9.90. The number of benzene rings is 7. The van der Waals surface area contributed by atoms with Gasteiger partial charge in [-0.2, -0.15) is 0 Å². The van der Waals surface area contributed by atoms with Crippen molar-refractivity contribution in [3.05, 3.63) is 215 Å². The fourth-order valence-corrected chi connectivity index (χ4v) is 7.14. The van der Waals surface area contributed by atoms with Crippen molar-refractivity contribution in [3.8, 4) is 23.0 Å². The monoisotopic (exact) mass is 850 g/mol. The molecule has 0 aliphatic rings. The number of para-hydroxylation sites is 2. The van der Waals surface area contributed by atoms with Crippen LogP contribution in [0.2, 0.25) is 0 Å². The zero-order valence-electron chi connectivity index (χ0n) is 36.2. The largest absolute Gasteiger partial charge is 0.497 e. The molecule has 7 aromatic carbocycles. The molecule has 7 rings (SSSR count). The Morgan fingerprint density at radius 1 is 0.391 bits per heavy atom. The Balaban J connectivity index is 1.24. The maximum Gasteiger partial charge on any atom is 0.249 e. The topological polar surface area (TPSA) is 120 Å². The standard InChI is InChI=1S/C54H50N4O6/c1-61-43-27-19-39(20-28-43)51(40-21-29-44(62-2)30-22-40)55-49(35-37-13-7-5-8-14-37)53(59)57-47-17-11-12-18-48(47)58-54(60)50(36-38-15-9-6-10-16-38)56-52(41-23-31-45(63-3)32-24-41)42-25-33-46(64-4)34-26-42/h5-34,49-50H,35-36H2,1-4H3,(H,57,59)(H,58,60)/t49-,50-/m0/s1. The fraction of sp³-hybridized carbons (Fsp3) is 0.148. The minimum absolute atomic E-state index is 0.310. The summed E-state index contributed by atoms with van der Waals surface area (Å²) in [6.45, 7) is 0. The first-order valence-electron chi connectivity index (χ1n) is 20.9. The third-order valence-electron chi connectivity index (χ3n) is 10.6. The van der Waals surface area contributed by atoms with Gasteiger partial charge in [-0.25, -0.2) is 0 Å². The highest BCUT2D eigenvalue weighted by Gasteiger charge is 2.25. The summed E-state index contributed by atoms with van der Waals surface area (Å²) in [5.74, 6) is 2.08. The molecule has 0 unspecified atom stereocenters. The number of ether oxygens (including phenoxy) is 4. The SMILES string of the molecule is COc1ccc(C(=N[C@@H](Cc2ccccc2)C(=O)Nc2ccccc2NC(=O)[C@H](Cc2ccccc2)N=C(c2ccc(OC)cc2)c2ccc(OC)cc2)c2ccc(OC)cc2)cc1. The normalized spacial score (nSPS) is 11.6. The molecule has 10 nitrogen and oxygen atoms in total. The Bertz CT molecular complexity index is 2380. The Labute approximate surface area is 374 Å². The van der Waals surface area contributed by atoms with E-state index in [1.807, 2.05) is 170 Å². The number of carbonyl (C=O) groups excluding carboxylic acids is 2. The Morgan fingerprint density at radius 3 is 0.922 bits per heavy atom. The molecule has 0 fully saturated rings. The molecule has 10 heteroatoms. The molecule has 0 saturated heterocycles.